The van der Waals surface area contributed by atoms with Gasteiger partial charge in [-0.3, -0.25) is 4.99 Å². The van der Waals surface area contributed by atoms with E-state index in [-0.39, 0.29) is 12.4 Å². The maximum Gasteiger partial charge on any atom is 0.191 e. The van der Waals surface area contributed by atoms with Gasteiger partial charge in [0.1, 0.15) is 9.84 Å². The first-order valence-corrected chi connectivity index (χ1v) is 11.5. The van der Waals surface area contributed by atoms with Crippen molar-refractivity contribution in [3.8, 4) is 0 Å². The molecule has 1 saturated carbocycles. The van der Waals surface area contributed by atoms with Crippen molar-refractivity contribution in [2.75, 3.05) is 58.4 Å². The lowest BCUT2D eigenvalue weighted by atomic mass is 10.1. The van der Waals surface area contributed by atoms with Crippen molar-refractivity contribution in [3.05, 3.63) is 0 Å². The zero-order valence-corrected chi connectivity index (χ0v) is 16.5. The Morgan fingerprint density at radius 3 is 2.68 bits per heavy atom. The first kappa shape index (κ1) is 20.5. The fourth-order valence-corrected chi connectivity index (χ4v) is 4.04. The van der Waals surface area contributed by atoms with Crippen molar-refractivity contribution in [2.24, 2.45) is 10.9 Å². The molecule has 2 aliphatic rings. The van der Waals surface area contributed by atoms with Gasteiger partial charge in [0.05, 0.1) is 19.0 Å². The summed E-state index contributed by atoms with van der Waals surface area (Å²) in [6.45, 7) is 4.82. The minimum absolute atomic E-state index is 0.0683. The number of hydrogen-bond acceptors (Lipinski definition) is 5. The van der Waals surface area contributed by atoms with Crippen LogP contribution >= 0.6 is 0 Å². The third kappa shape index (κ3) is 8.37. The van der Waals surface area contributed by atoms with Gasteiger partial charge in [0.2, 0.25) is 0 Å². The molecule has 25 heavy (non-hydrogen) atoms. The number of nitrogens with zero attached hydrogens (tertiary/aromatic N) is 2. The zero-order chi connectivity index (χ0) is 18.1. The minimum atomic E-state index is -2.95. The summed E-state index contributed by atoms with van der Waals surface area (Å²) in [6, 6.07) is 0.443. The molecular formula is C17H34N4O3S. The van der Waals surface area contributed by atoms with Gasteiger partial charge in [-0.2, -0.15) is 0 Å². The first-order valence-electron chi connectivity index (χ1n) is 9.41. The predicted octanol–water partition coefficient (Wildman–Crippen LogP) is 0.477. The molecule has 0 aromatic rings. The normalized spacial score (nSPS) is 23.3. The lowest BCUT2D eigenvalue weighted by Crippen LogP contribution is -2.45. The van der Waals surface area contributed by atoms with Crippen molar-refractivity contribution in [1.29, 1.82) is 0 Å². The number of ether oxygens (including phenoxy) is 1. The van der Waals surface area contributed by atoms with E-state index in [0.717, 1.165) is 24.8 Å². The lowest BCUT2D eigenvalue weighted by molar-refractivity contribution is 0.154. The van der Waals surface area contributed by atoms with E-state index in [0.29, 0.717) is 19.2 Å². The average Bonchev–Trinajstić information content (AvgIpc) is 3.21. The molecule has 2 fully saturated rings. The molecule has 1 unspecified atom stereocenters. The Morgan fingerprint density at radius 1 is 1.24 bits per heavy atom. The second-order valence-electron chi connectivity index (χ2n) is 7.28. The maximum atomic E-state index is 11.0. The Bertz CT molecular complexity index is 518. The molecule has 2 N–H and O–H groups in total. The van der Waals surface area contributed by atoms with Gasteiger partial charge in [0, 0.05) is 45.5 Å². The number of hydrogen-bond donors (Lipinski definition) is 2. The number of sulfone groups is 1. The van der Waals surface area contributed by atoms with Gasteiger partial charge in [-0.15, -0.1) is 0 Å². The molecule has 0 bridgehead atoms. The van der Waals surface area contributed by atoms with Crippen LogP contribution in [0.5, 0.6) is 0 Å². The third-order valence-corrected chi connectivity index (χ3v) is 5.87. The number of likely N-dealkylation sites (tertiary alicyclic amines) is 1. The Labute approximate surface area is 152 Å². The van der Waals surface area contributed by atoms with Gasteiger partial charge >= 0.3 is 0 Å². The van der Waals surface area contributed by atoms with Gasteiger partial charge in [-0.1, -0.05) is 12.8 Å². The molecule has 0 amide bonds. The van der Waals surface area contributed by atoms with E-state index in [4.69, 9.17) is 4.74 Å². The van der Waals surface area contributed by atoms with Crippen LogP contribution in [0.25, 0.3) is 0 Å². The molecule has 1 heterocycles. The Hall–Kier alpha value is -0.860. The zero-order valence-electron chi connectivity index (χ0n) is 15.7. The van der Waals surface area contributed by atoms with E-state index >= 15 is 0 Å². The predicted molar refractivity (Wildman–Crippen MR) is 102 cm³/mol. The van der Waals surface area contributed by atoms with Crippen LogP contribution in [0.4, 0.5) is 0 Å². The van der Waals surface area contributed by atoms with Gasteiger partial charge in [-0.05, 0) is 25.2 Å². The molecule has 1 atom stereocenters. The SMILES string of the molecule is CN=C(NCCOCCS(C)(=O)=O)NC1CCN(CC2CCCC2)C1. The molecule has 2 rings (SSSR count). The molecule has 1 saturated heterocycles. The summed E-state index contributed by atoms with van der Waals surface area (Å²) < 4.78 is 27.4. The molecule has 8 heteroatoms. The quantitative estimate of drug-likeness (QED) is 0.347. The van der Waals surface area contributed by atoms with Crippen molar-refractivity contribution >= 4 is 15.8 Å². The molecule has 7 nitrogen and oxygen atoms in total. The van der Waals surface area contributed by atoms with Crippen molar-refractivity contribution < 1.29 is 13.2 Å². The van der Waals surface area contributed by atoms with E-state index in [1.807, 2.05) is 0 Å². The Morgan fingerprint density at radius 2 is 2.00 bits per heavy atom. The largest absolute Gasteiger partial charge is 0.379 e. The number of nitrogens with one attached hydrogen (secondary N) is 2. The van der Waals surface area contributed by atoms with Gasteiger partial charge < -0.3 is 20.3 Å². The average molecular weight is 375 g/mol. The number of aliphatic imine (C=N–C) groups is 1. The molecule has 1 aliphatic carbocycles. The summed E-state index contributed by atoms with van der Waals surface area (Å²) in [5.74, 6) is 1.76. The molecule has 0 aromatic carbocycles. The van der Waals surface area contributed by atoms with Crippen molar-refractivity contribution in [2.45, 2.75) is 38.1 Å². The highest BCUT2D eigenvalue weighted by Gasteiger charge is 2.26. The van der Waals surface area contributed by atoms with Gasteiger partial charge in [-0.25, -0.2) is 8.42 Å². The van der Waals surface area contributed by atoms with Crippen LogP contribution in [0.3, 0.4) is 0 Å². The van der Waals surface area contributed by atoms with E-state index in [1.165, 1.54) is 45.0 Å². The fourth-order valence-electron chi connectivity index (χ4n) is 3.62. The number of guanidine groups is 1. The summed E-state index contributed by atoms with van der Waals surface area (Å²) in [7, 11) is -1.18. The van der Waals surface area contributed by atoms with E-state index in [2.05, 4.69) is 20.5 Å². The molecule has 0 aromatic heterocycles. The highest BCUT2D eigenvalue weighted by molar-refractivity contribution is 7.90. The van der Waals surface area contributed by atoms with E-state index < -0.39 is 9.84 Å². The monoisotopic (exact) mass is 374 g/mol. The van der Waals surface area contributed by atoms with Crippen LogP contribution in [-0.4, -0.2) is 83.8 Å². The molecular weight excluding hydrogens is 340 g/mol. The fraction of sp³-hybridized carbons (Fsp3) is 0.941. The second-order valence-corrected chi connectivity index (χ2v) is 9.54. The van der Waals surface area contributed by atoms with Crippen molar-refractivity contribution in [1.82, 2.24) is 15.5 Å². The summed E-state index contributed by atoms with van der Waals surface area (Å²) in [6.07, 6.45) is 7.98. The van der Waals surface area contributed by atoms with E-state index in [1.54, 1.807) is 7.05 Å². The molecule has 1 aliphatic heterocycles. The lowest BCUT2D eigenvalue weighted by Gasteiger charge is -2.21. The molecule has 0 radical (unpaired) electrons. The smallest absolute Gasteiger partial charge is 0.191 e. The van der Waals surface area contributed by atoms with Gasteiger partial charge in [0.15, 0.2) is 5.96 Å². The van der Waals surface area contributed by atoms with Crippen LogP contribution in [0, 0.1) is 5.92 Å². The minimum Gasteiger partial charge on any atom is -0.379 e. The molecule has 146 valence electrons. The summed E-state index contributed by atoms with van der Waals surface area (Å²) in [5.41, 5.74) is 0. The van der Waals surface area contributed by atoms with Crippen LogP contribution in [0.1, 0.15) is 32.1 Å². The third-order valence-electron chi connectivity index (χ3n) is 4.97. The van der Waals surface area contributed by atoms with Gasteiger partial charge in [0.25, 0.3) is 0 Å². The Kier molecular flexibility index (Phi) is 8.45. The topological polar surface area (TPSA) is 83.0 Å². The highest BCUT2D eigenvalue weighted by atomic mass is 32.2. The first-order chi connectivity index (χ1) is 12.0. The summed E-state index contributed by atoms with van der Waals surface area (Å²) in [5, 5.41) is 6.71. The van der Waals surface area contributed by atoms with Crippen LogP contribution in [-0.2, 0) is 14.6 Å². The van der Waals surface area contributed by atoms with Crippen LogP contribution in [0.2, 0.25) is 0 Å². The van der Waals surface area contributed by atoms with Crippen molar-refractivity contribution in [3.63, 3.8) is 0 Å². The summed E-state index contributed by atoms with van der Waals surface area (Å²) >= 11 is 0. The van der Waals surface area contributed by atoms with Crippen LogP contribution < -0.4 is 10.6 Å². The number of rotatable bonds is 9. The highest BCUT2D eigenvalue weighted by Crippen LogP contribution is 2.26. The van der Waals surface area contributed by atoms with Crippen LogP contribution in [0.15, 0.2) is 4.99 Å². The molecule has 0 spiro atoms. The second kappa shape index (κ2) is 10.3. The standard InChI is InChI=1S/C17H34N4O3S/c1-18-17(19-8-10-24-11-12-25(2,22)23)20-16-7-9-21(14-16)13-15-5-3-4-6-15/h15-16H,3-14H2,1-2H3,(H2,18,19,20). The Balaban J connectivity index is 1.57. The summed E-state index contributed by atoms with van der Waals surface area (Å²) in [4.78, 5) is 6.84. The maximum absolute atomic E-state index is 11.0. The van der Waals surface area contributed by atoms with E-state index in [9.17, 15) is 8.42 Å².